The number of alkyl halides is 3. The standard InChI is InChI=1S/C16H13ClF3NO2.C11H21N/c1-9(11(3)22)15(17)21-7-13(12-4-5-23-8-12)6-14(10(21)2)16(18,19)20;1-5-8-11(7-3)10(4)12-9-6-2/h4-8H,2H2,1,3H3;9,11H,4-8H2,1-3H3/b15-9+;. The van der Waals surface area contributed by atoms with Gasteiger partial charge >= 0.3 is 6.18 Å². The Balaban J connectivity index is 0.000000434. The van der Waals surface area contributed by atoms with Gasteiger partial charge in [-0.2, -0.15) is 13.2 Å². The van der Waals surface area contributed by atoms with E-state index in [4.69, 9.17) is 16.0 Å². The van der Waals surface area contributed by atoms with Crippen LogP contribution in [-0.4, -0.2) is 23.1 Å². The molecule has 1 aromatic heterocycles. The van der Waals surface area contributed by atoms with Gasteiger partial charge in [0, 0.05) is 40.7 Å². The summed E-state index contributed by atoms with van der Waals surface area (Å²) in [5.41, 5.74) is 0.600. The Bertz CT molecular complexity index is 1020. The lowest BCUT2D eigenvalue weighted by molar-refractivity contribution is -0.113. The Morgan fingerprint density at radius 3 is 2.40 bits per heavy atom. The molecule has 0 amide bonds. The van der Waals surface area contributed by atoms with Crippen LogP contribution in [0, 0.1) is 5.92 Å². The second kappa shape index (κ2) is 13.9. The van der Waals surface area contributed by atoms with Crippen molar-refractivity contribution in [3.63, 3.8) is 0 Å². The zero-order valence-corrected chi connectivity index (χ0v) is 21.8. The topological polar surface area (TPSA) is 45.8 Å². The van der Waals surface area contributed by atoms with Gasteiger partial charge in [-0.3, -0.25) is 9.79 Å². The number of aliphatic imine (C=N–C) groups is 1. The number of furan rings is 1. The molecule has 4 nitrogen and oxygen atoms in total. The van der Waals surface area contributed by atoms with Crippen LogP contribution in [0.3, 0.4) is 0 Å². The molecule has 1 atom stereocenters. The lowest BCUT2D eigenvalue weighted by Crippen LogP contribution is -2.26. The van der Waals surface area contributed by atoms with Crippen LogP contribution in [-0.2, 0) is 4.79 Å². The molecular formula is C27H34ClF3N2O2. The molecule has 0 saturated carbocycles. The molecule has 0 N–H and O–H groups in total. The Hall–Kier alpha value is -2.80. The van der Waals surface area contributed by atoms with E-state index in [9.17, 15) is 18.0 Å². The highest BCUT2D eigenvalue weighted by atomic mass is 35.5. The largest absolute Gasteiger partial charge is 0.472 e. The molecule has 192 valence electrons. The SMILES string of the molecule is C=C(N=CCC)C(CC)CCC.C=C1C(C(F)(F)F)=CC(c2ccoc2)=CN1/C(Cl)=C(\C)C(C)=O. The van der Waals surface area contributed by atoms with E-state index < -0.39 is 11.7 Å². The quantitative estimate of drug-likeness (QED) is 0.189. The summed E-state index contributed by atoms with van der Waals surface area (Å²) in [5, 5.41) is -0.127. The molecule has 8 heteroatoms. The summed E-state index contributed by atoms with van der Waals surface area (Å²) in [4.78, 5) is 16.8. The summed E-state index contributed by atoms with van der Waals surface area (Å²) in [6.45, 7) is 16.7. The number of allylic oxidation sites excluding steroid dienone is 5. The predicted molar refractivity (Wildman–Crippen MR) is 138 cm³/mol. The summed E-state index contributed by atoms with van der Waals surface area (Å²) in [5.74, 6) is 0.252. The normalized spacial score (nSPS) is 15.7. The van der Waals surface area contributed by atoms with Crippen LogP contribution in [0.25, 0.3) is 5.57 Å². The van der Waals surface area contributed by atoms with Gasteiger partial charge in [0.2, 0.25) is 0 Å². The van der Waals surface area contributed by atoms with Crippen LogP contribution in [0.15, 0.2) is 81.1 Å². The van der Waals surface area contributed by atoms with Gasteiger partial charge in [-0.15, -0.1) is 0 Å². The van der Waals surface area contributed by atoms with Crippen molar-refractivity contribution in [2.24, 2.45) is 10.9 Å². The smallest absolute Gasteiger partial charge is 0.418 e. The summed E-state index contributed by atoms with van der Waals surface area (Å²) in [6, 6.07) is 1.53. The maximum absolute atomic E-state index is 13.3. The van der Waals surface area contributed by atoms with Crippen LogP contribution in [0.1, 0.15) is 65.9 Å². The van der Waals surface area contributed by atoms with Crippen LogP contribution in [0.2, 0.25) is 0 Å². The van der Waals surface area contributed by atoms with E-state index in [0.29, 0.717) is 11.5 Å². The first-order chi connectivity index (χ1) is 16.4. The van der Waals surface area contributed by atoms with E-state index in [1.807, 2.05) is 6.21 Å². The number of nitrogens with zero attached hydrogens (tertiary/aromatic N) is 2. The molecule has 0 bridgehead atoms. The average Bonchev–Trinajstić information content (AvgIpc) is 3.34. The van der Waals surface area contributed by atoms with Gasteiger partial charge in [0.05, 0.1) is 23.8 Å². The van der Waals surface area contributed by atoms with Crippen molar-refractivity contribution in [2.45, 2.75) is 66.5 Å². The number of hydrogen-bond acceptors (Lipinski definition) is 4. The number of carbonyl (C=O) groups excluding carboxylic acids is 1. The fourth-order valence-electron chi connectivity index (χ4n) is 3.22. The van der Waals surface area contributed by atoms with Crippen LogP contribution in [0.4, 0.5) is 13.2 Å². The van der Waals surface area contributed by atoms with E-state index in [1.165, 1.54) is 51.5 Å². The molecule has 35 heavy (non-hydrogen) atoms. The third-order valence-electron chi connectivity index (χ3n) is 5.42. The Kier molecular flexibility index (Phi) is 12.0. The monoisotopic (exact) mass is 510 g/mol. The van der Waals surface area contributed by atoms with Crippen molar-refractivity contribution in [1.29, 1.82) is 0 Å². The minimum absolute atomic E-state index is 0.127. The predicted octanol–water partition coefficient (Wildman–Crippen LogP) is 8.81. The first kappa shape index (κ1) is 30.2. The van der Waals surface area contributed by atoms with Gasteiger partial charge < -0.3 is 9.32 Å². The molecule has 1 aliphatic heterocycles. The highest BCUT2D eigenvalue weighted by Gasteiger charge is 2.39. The van der Waals surface area contributed by atoms with Crippen molar-refractivity contribution in [3.8, 4) is 0 Å². The molecule has 2 heterocycles. The Morgan fingerprint density at radius 2 is 1.94 bits per heavy atom. The van der Waals surface area contributed by atoms with Crippen molar-refractivity contribution in [3.05, 3.63) is 77.3 Å². The van der Waals surface area contributed by atoms with E-state index in [-0.39, 0.29) is 27.8 Å². The van der Waals surface area contributed by atoms with Crippen molar-refractivity contribution < 1.29 is 22.4 Å². The molecule has 0 radical (unpaired) electrons. The van der Waals surface area contributed by atoms with E-state index >= 15 is 0 Å². The van der Waals surface area contributed by atoms with E-state index in [0.717, 1.165) is 29.5 Å². The van der Waals surface area contributed by atoms with E-state index in [2.05, 4.69) is 38.9 Å². The minimum Gasteiger partial charge on any atom is -0.472 e. The van der Waals surface area contributed by atoms with Gasteiger partial charge in [-0.1, -0.05) is 52.0 Å². The summed E-state index contributed by atoms with van der Waals surface area (Å²) in [7, 11) is 0. The molecule has 0 fully saturated rings. The first-order valence-electron chi connectivity index (χ1n) is 11.5. The fourth-order valence-corrected chi connectivity index (χ4v) is 3.51. The van der Waals surface area contributed by atoms with Gasteiger partial charge in [0.1, 0.15) is 5.16 Å². The second-order valence-electron chi connectivity index (χ2n) is 8.05. The summed E-state index contributed by atoms with van der Waals surface area (Å²) < 4.78 is 44.7. The first-order valence-corrected chi connectivity index (χ1v) is 11.9. The summed E-state index contributed by atoms with van der Waals surface area (Å²) >= 11 is 6.10. The molecule has 0 aliphatic carbocycles. The van der Waals surface area contributed by atoms with Crippen LogP contribution < -0.4 is 0 Å². The number of hydrogen-bond donors (Lipinski definition) is 0. The third kappa shape index (κ3) is 8.73. The minimum atomic E-state index is -4.61. The lowest BCUT2D eigenvalue weighted by Gasteiger charge is -2.30. The zero-order valence-electron chi connectivity index (χ0n) is 21.0. The lowest BCUT2D eigenvalue weighted by atomic mass is 9.98. The van der Waals surface area contributed by atoms with Gasteiger partial charge in [-0.25, -0.2) is 0 Å². The van der Waals surface area contributed by atoms with Crippen LogP contribution in [0.5, 0.6) is 0 Å². The maximum Gasteiger partial charge on any atom is 0.418 e. The van der Waals surface area contributed by atoms with Crippen molar-refractivity contribution in [2.75, 3.05) is 0 Å². The zero-order chi connectivity index (χ0) is 26.8. The van der Waals surface area contributed by atoms with Crippen LogP contribution >= 0.6 is 11.6 Å². The van der Waals surface area contributed by atoms with Crippen molar-refractivity contribution in [1.82, 2.24) is 4.90 Å². The fraction of sp³-hybridized carbons (Fsp3) is 0.407. The second-order valence-corrected chi connectivity index (χ2v) is 8.40. The highest BCUT2D eigenvalue weighted by Crippen LogP contribution is 2.40. The van der Waals surface area contributed by atoms with Crippen molar-refractivity contribution >= 4 is 29.2 Å². The van der Waals surface area contributed by atoms with Gasteiger partial charge in [0.15, 0.2) is 5.78 Å². The summed E-state index contributed by atoms with van der Waals surface area (Å²) in [6.07, 6.45) is 6.96. The van der Waals surface area contributed by atoms with Gasteiger partial charge in [0.25, 0.3) is 0 Å². The Morgan fingerprint density at radius 1 is 1.29 bits per heavy atom. The molecule has 1 aromatic rings. The number of Topliss-reactive ketones (excluding diaryl/α,β-unsaturated/α-hetero) is 1. The molecular weight excluding hydrogens is 477 g/mol. The third-order valence-corrected chi connectivity index (χ3v) is 5.89. The van der Waals surface area contributed by atoms with E-state index in [1.54, 1.807) is 0 Å². The molecule has 1 aliphatic rings. The molecule has 1 unspecified atom stereocenters. The average molecular weight is 511 g/mol. The molecule has 0 aromatic carbocycles. The molecule has 0 spiro atoms. The number of rotatable bonds is 9. The molecule has 2 rings (SSSR count). The number of halogens is 4. The number of carbonyl (C=O) groups is 1. The van der Waals surface area contributed by atoms with Gasteiger partial charge in [-0.05, 0) is 45.3 Å². The number of ketones is 1. The maximum atomic E-state index is 13.3. The Labute approximate surface area is 211 Å². The molecule has 0 saturated heterocycles. The highest BCUT2D eigenvalue weighted by molar-refractivity contribution is 6.31.